The topological polar surface area (TPSA) is 44.8 Å². The maximum Gasteiger partial charge on any atom is 0.239 e. The fraction of sp³-hybridized carbons (Fsp3) is 0.929. The van der Waals surface area contributed by atoms with Gasteiger partial charge in [-0.2, -0.15) is 0 Å². The van der Waals surface area contributed by atoms with Gasteiger partial charge in [0.1, 0.15) is 0 Å². The zero-order valence-electron chi connectivity index (χ0n) is 12.2. The highest BCUT2D eigenvalue weighted by Gasteiger charge is 2.27. The van der Waals surface area contributed by atoms with Crippen molar-refractivity contribution in [2.24, 2.45) is 0 Å². The van der Waals surface area contributed by atoms with Gasteiger partial charge < -0.3 is 15.0 Å². The monoisotopic (exact) mass is 269 g/mol. The number of rotatable bonds is 4. The molecular formula is C14H27N3O2. The number of nitrogens with one attached hydrogen (secondary N) is 1. The number of carbonyl (C=O) groups is 1. The summed E-state index contributed by atoms with van der Waals surface area (Å²) >= 11 is 0. The minimum atomic E-state index is -0.0522. The van der Waals surface area contributed by atoms with Gasteiger partial charge in [0.15, 0.2) is 0 Å². The molecule has 0 aliphatic carbocycles. The van der Waals surface area contributed by atoms with E-state index in [9.17, 15) is 4.79 Å². The van der Waals surface area contributed by atoms with Crippen LogP contribution in [0.5, 0.6) is 0 Å². The van der Waals surface area contributed by atoms with Crippen LogP contribution in [0.15, 0.2) is 0 Å². The van der Waals surface area contributed by atoms with Crippen LogP contribution in [-0.2, 0) is 9.53 Å². The van der Waals surface area contributed by atoms with E-state index in [0.29, 0.717) is 6.10 Å². The highest BCUT2D eigenvalue weighted by Crippen LogP contribution is 2.15. The second kappa shape index (κ2) is 7.22. The summed E-state index contributed by atoms with van der Waals surface area (Å²) in [7, 11) is 2.03. The zero-order valence-corrected chi connectivity index (χ0v) is 12.2. The molecule has 2 aliphatic rings. The predicted molar refractivity (Wildman–Crippen MR) is 75.1 cm³/mol. The second-order valence-electron chi connectivity index (χ2n) is 5.68. The lowest BCUT2D eigenvalue weighted by atomic mass is 10.1. The van der Waals surface area contributed by atoms with Crippen LogP contribution >= 0.6 is 0 Å². The quantitative estimate of drug-likeness (QED) is 0.798. The minimum Gasteiger partial charge on any atom is -0.377 e. The lowest BCUT2D eigenvalue weighted by Gasteiger charge is -2.35. The van der Waals surface area contributed by atoms with Gasteiger partial charge in [-0.05, 0) is 33.2 Å². The molecular weight excluding hydrogens is 242 g/mol. The van der Waals surface area contributed by atoms with E-state index in [-0.39, 0.29) is 11.9 Å². The Morgan fingerprint density at radius 1 is 1.42 bits per heavy atom. The van der Waals surface area contributed by atoms with Crippen molar-refractivity contribution < 1.29 is 9.53 Å². The van der Waals surface area contributed by atoms with Crippen LogP contribution in [0, 0.1) is 0 Å². The maximum absolute atomic E-state index is 12.4. The van der Waals surface area contributed by atoms with Crippen LogP contribution in [-0.4, -0.2) is 74.2 Å². The van der Waals surface area contributed by atoms with Gasteiger partial charge in [0.25, 0.3) is 0 Å². The SMILES string of the molecule is CC(C(=O)N1CCNCC1)N(C)CC1CCCCO1. The van der Waals surface area contributed by atoms with E-state index in [1.165, 1.54) is 12.8 Å². The number of piperazine rings is 1. The van der Waals surface area contributed by atoms with E-state index in [4.69, 9.17) is 4.74 Å². The Labute approximate surface area is 116 Å². The highest BCUT2D eigenvalue weighted by molar-refractivity contribution is 5.81. The largest absolute Gasteiger partial charge is 0.377 e. The summed E-state index contributed by atoms with van der Waals surface area (Å²) in [6.45, 7) is 7.22. The summed E-state index contributed by atoms with van der Waals surface area (Å²) in [5.41, 5.74) is 0. The molecule has 2 saturated heterocycles. The van der Waals surface area contributed by atoms with E-state index in [1.54, 1.807) is 0 Å². The summed E-state index contributed by atoms with van der Waals surface area (Å²) in [4.78, 5) is 16.5. The molecule has 0 bridgehead atoms. The Hall–Kier alpha value is -0.650. The lowest BCUT2D eigenvalue weighted by Crippen LogP contribution is -2.53. The van der Waals surface area contributed by atoms with Crippen molar-refractivity contribution in [3.63, 3.8) is 0 Å². The molecule has 0 aromatic heterocycles. The number of amides is 1. The van der Waals surface area contributed by atoms with Gasteiger partial charge in [-0.3, -0.25) is 9.69 Å². The number of nitrogens with zero attached hydrogens (tertiary/aromatic N) is 2. The van der Waals surface area contributed by atoms with Crippen LogP contribution in [0.4, 0.5) is 0 Å². The van der Waals surface area contributed by atoms with E-state index < -0.39 is 0 Å². The first-order chi connectivity index (χ1) is 9.18. The number of hydrogen-bond donors (Lipinski definition) is 1. The van der Waals surface area contributed by atoms with Gasteiger partial charge in [0, 0.05) is 39.3 Å². The summed E-state index contributed by atoms with van der Waals surface area (Å²) in [6, 6.07) is -0.0522. The molecule has 0 aromatic carbocycles. The molecule has 110 valence electrons. The van der Waals surface area contributed by atoms with E-state index in [0.717, 1.165) is 45.8 Å². The average Bonchev–Trinajstić information content (AvgIpc) is 2.47. The van der Waals surface area contributed by atoms with E-state index in [2.05, 4.69) is 10.2 Å². The molecule has 2 atom stereocenters. The van der Waals surface area contributed by atoms with Crippen LogP contribution in [0.25, 0.3) is 0 Å². The molecule has 0 aromatic rings. The Morgan fingerprint density at radius 2 is 2.16 bits per heavy atom. The molecule has 0 saturated carbocycles. The van der Waals surface area contributed by atoms with Gasteiger partial charge in [0.05, 0.1) is 12.1 Å². The fourth-order valence-corrected chi connectivity index (χ4v) is 2.77. The summed E-state index contributed by atoms with van der Waals surface area (Å²) in [5.74, 6) is 0.250. The van der Waals surface area contributed by atoms with Crippen molar-refractivity contribution in [3.05, 3.63) is 0 Å². The van der Waals surface area contributed by atoms with Crippen molar-refractivity contribution in [2.75, 3.05) is 46.4 Å². The third-order valence-electron chi connectivity index (χ3n) is 4.21. The molecule has 0 spiro atoms. The van der Waals surface area contributed by atoms with Gasteiger partial charge >= 0.3 is 0 Å². The Bertz CT molecular complexity index is 286. The van der Waals surface area contributed by atoms with Gasteiger partial charge in [-0.1, -0.05) is 0 Å². The minimum absolute atomic E-state index is 0.0522. The first kappa shape index (κ1) is 14.8. The standard InChI is InChI=1S/C14H27N3O2/c1-12(14(18)17-8-6-15-7-9-17)16(2)11-13-5-3-4-10-19-13/h12-13,15H,3-11H2,1-2H3. The molecule has 19 heavy (non-hydrogen) atoms. The third-order valence-corrected chi connectivity index (χ3v) is 4.21. The number of carbonyl (C=O) groups excluding carboxylic acids is 1. The van der Waals surface area contributed by atoms with Gasteiger partial charge in [-0.15, -0.1) is 0 Å². The highest BCUT2D eigenvalue weighted by atomic mass is 16.5. The summed E-state index contributed by atoms with van der Waals surface area (Å²) in [5, 5.41) is 3.28. The van der Waals surface area contributed by atoms with E-state index >= 15 is 0 Å². The molecule has 2 aliphatic heterocycles. The van der Waals surface area contributed by atoms with Crippen molar-refractivity contribution in [3.8, 4) is 0 Å². The lowest BCUT2D eigenvalue weighted by molar-refractivity contribution is -0.137. The maximum atomic E-state index is 12.4. The third kappa shape index (κ3) is 4.16. The molecule has 2 rings (SSSR count). The smallest absolute Gasteiger partial charge is 0.239 e. The van der Waals surface area contributed by atoms with Crippen molar-refractivity contribution in [1.82, 2.24) is 15.1 Å². The van der Waals surface area contributed by atoms with Crippen molar-refractivity contribution >= 4 is 5.91 Å². The Morgan fingerprint density at radius 3 is 2.79 bits per heavy atom. The number of ether oxygens (including phenoxy) is 1. The first-order valence-electron chi connectivity index (χ1n) is 7.50. The Balaban J connectivity index is 1.79. The number of likely N-dealkylation sites (N-methyl/N-ethyl adjacent to an activating group) is 1. The van der Waals surface area contributed by atoms with Gasteiger partial charge in [-0.25, -0.2) is 0 Å². The Kier molecular flexibility index (Phi) is 5.60. The molecule has 2 unspecified atom stereocenters. The first-order valence-corrected chi connectivity index (χ1v) is 7.50. The molecule has 5 nitrogen and oxygen atoms in total. The van der Waals surface area contributed by atoms with Gasteiger partial charge in [0.2, 0.25) is 5.91 Å². The predicted octanol–water partition coefficient (Wildman–Crippen LogP) is 0.308. The molecule has 1 amide bonds. The molecule has 0 radical (unpaired) electrons. The van der Waals surface area contributed by atoms with Crippen LogP contribution in [0.2, 0.25) is 0 Å². The average molecular weight is 269 g/mol. The molecule has 2 fully saturated rings. The second-order valence-corrected chi connectivity index (χ2v) is 5.68. The van der Waals surface area contributed by atoms with Crippen molar-refractivity contribution in [1.29, 1.82) is 0 Å². The molecule has 2 heterocycles. The summed E-state index contributed by atoms with van der Waals surface area (Å²) in [6.07, 6.45) is 3.85. The normalized spacial score (nSPS) is 26.5. The van der Waals surface area contributed by atoms with Crippen LogP contribution in [0.3, 0.4) is 0 Å². The van der Waals surface area contributed by atoms with Crippen LogP contribution < -0.4 is 5.32 Å². The number of hydrogen-bond acceptors (Lipinski definition) is 4. The zero-order chi connectivity index (χ0) is 13.7. The van der Waals surface area contributed by atoms with E-state index in [1.807, 2.05) is 18.9 Å². The fourth-order valence-electron chi connectivity index (χ4n) is 2.77. The van der Waals surface area contributed by atoms with Crippen LogP contribution in [0.1, 0.15) is 26.2 Å². The molecule has 1 N–H and O–H groups in total. The summed E-state index contributed by atoms with van der Waals surface area (Å²) < 4.78 is 5.75. The molecule has 5 heteroatoms. The van der Waals surface area contributed by atoms with Crippen molar-refractivity contribution in [2.45, 2.75) is 38.3 Å².